The van der Waals surface area contributed by atoms with Gasteiger partial charge in [-0.3, -0.25) is 19.8 Å². The van der Waals surface area contributed by atoms with Gasteiger partial charge in [0.05, 0.1) is 16.3 Å². The summed E-state index contributed by atoms with van der Waals surface area (Å²) in [4.78, 5) is 39.2. The third-order valence-corrected chi connectivity index (χ3v) is 6.41. The molecular formula is C23H29IN2O5. The zero-order valence-corrected chi connectivity index (χ0v) is 20.4. The molecule has 1 saturated carbocycles. The zero-order chi connectivity index (χ0) is 22.5. The largest absolute Gasteiger partial charge is 0.490 e. The Kier molecular flexibility index (Phi) is 7.96. The Balaban J connectivity index is 1.95. The molecule has 2 aliphatic rings. The maximum Gasteiger partial charge on any atom is 0.331 e. The molecule has 0 aromatic heterocycles. The minimum absolute atomic E-state index is 0.0256. The van der Waals surface area contributed by atoms with E-state index in [1.807, 2.05) is 26.8 Å². The molecule has 0 radical (unpaired) electrons. The summed E-state index contributed by atoms with van der Waals surface area (Å²) in [6.07, 6.45) is 7.00. The molecule has 1 aliphatic carbocycles. The Morgan fingerprint density at radius 1 is 1.19 bits per heavy atom. The number of carbonyl (C=O) groups excluding carboxylic acids is 3. The van der Waals surface area contributed by atoms with Crippen molar-refractivity contribution >= 4 is 46.5 Å². The van der Waals surface area contributed by atoms with E-state index in [0.717, 1.165) is 42.1 Å². The number of nitrogens with zero attached hydrogens (tertiary/aromatic N) is 1. The summed E-state index contributed by atoms with van der Waals surface area (Å²) < 4.78 is 12.6. The molecule has 0 bridgehead atoms. The highest BCUT2D eigenvalue weighted by molar-refractivity contribution is 14.1. The van der Waals surface area contributed by atoms with Crippen LogP contribution in [0.3, 0.4) is 0 Å². The Bertz CT molecular complexity index is 892. The average molecular weight is 540 g/mol. The van der Waals surface area contributed by atoms with Crippen LogP contribution in [0.2, 0.25) is 0 Å². The van der Waals surface area contributed by atoms with Gasteiger partial charge in [-0.05, 0) is 79.5 Å². The molecule has 1 heterocycles. The second-order valence-electron chi connectivity index (χ2n) is 7.88. The van der Waals surface area contributed by atoms with Crippen LogP contribution in [0, 0.1) is 3.57 Å². The fraction of sp³-hybridized carbons (Fsp3) is 0.522. The van der Waals surface area contributed by atoms with Crippen molar-refractivity contribution in [3.05, 3.63) is 26.8 Å². The van der Waals surface area contributed by atoms with E-state index < -0.39 is 17.8 Å². The first-order chi connectivity index (χ1) is 14.8. The van der Waals surface area contributed by atoms with Crippen LogP contribution < -0.4 is 14.8 Å². The number of barbiturate groups is 1. The fourth-order valence-corrected chi connectivity index (χ4v) is 4.59. The Morgan fingerprint density at radius 2 is 1.90 bits per heavy atom. The van der Waals surface area contributed by atoms with Gasteiger partial charge in [0.25, 0.3) is 11.8 Å². The topological polar surface area (TPSA) is 84.9 Å². The van der Waals surface area contributed by atoms with Gasteiger partial charge in [-0.15, -0.1) is 0 Å². The van der Waals surface area contributed by atoms with E-state index >= 15 is 0 Å². The number of carbonyl (C=O) groups is 3. The van der Waals surface area contributed by atoms with Crippen LogP contribution >= 0.6 is 22.6 Å². The van der Waals surface area contributed by atoms with Gasteiger partial charge in [0.1, 0.15) is 5.57 Å². The number of nitrogens with one attached hydrogen (secondary N) is 1. The SMILES string of the molecule is CCOc1cc(/C=C2/C(=O)NC(=O)N(C3CCCCC3)C2=O)cc(I)c1O[C@@H](C)CC. The van der Waals surface area contributed by atoms with Crippen molar-refractivity contribution in [2.24, 2.45) is 0 Å². The highest BCUT2D eigenvalue weighted by Crippen LogP contribution is 2.36. The molecular weight excluding hydrogens is 511 g/mol. The summed E-state index contributed by atoms with van der Waals surface area (Å²) in [5.74, 6) is 0.00585. The molecule has 1 saturated heterocycles. The smallest absolute Gasteiger partial charge is 0.331 e. The lowest BCUT2D eigenvalue weighted by atomic mass is 9.93. The molecule has 7 nitrogen and oxygen atoms in total. The second kappa shape index (κ2) is 10.5. The molecule has 1 aromatic carbocycles. The van der Waals surface area contributed by atoms with Crippen LogP contribution in [0.1, 0.15) is 64.9 Å². The van der Waals surface area contributed by atoms with Gasteiger partial charge in [0, 0.05) is 6.04 Å². The normalized spacial score (nSPS) is 20.1. The highest BCUT2D eigenvalue weighted by Gasteiger charge is 2.40. The molecule has 168 valence electrons. The van der Waals surface area contributed by atoms with Crippen LogP contribution in [-0.2, 0) is 9.59 Å². The molecule has 31 heavy (non-hydrogen) atoms. The number of urea groups is 1. The van der Waals surface area contributed by atoms with Gasteiger partial charge in [0.2, 0.25) is 0 Å². The van der Waals surface area contributed by atoms with Crippen molar-refractivity contribution < 1.29 is 23.9 Å². The lowest BCUT2D eigenvalue weighted by Crippen LogP contribution is -2.58. The average Bonchev–Trinajstić information content (AvgIpc) is 2.74. The minimum atomic E-state index is -0.671. The number of amides is 4. The molecule has 1 atom stereocenters. The van der Waals surface area contributed by atoms with E-state index in [0.29, 0.717) is 23.7 Å². The van der Waals surface area contributed by atoms with Gasteiger partial charge in [-0.2, -0.15) is 0 Å². The fourth-order valence-electron chi connectivity index (χ4n) is 3.84. The third kappa shape index (κ3) is 5.39. The lowest BCUT2D eigenvalue weighted by Gasteiger charge is -2.35. The summed E-state index contributed by atoms with van der Waals surface area (Å²) in [5.41, 5.74) is 0.597. The van der Waals surface area contributed by atoms with Crippen LogP contribution in [0.25, 0.3) is 6.08 Å². The van der Waals surface area contributed by atoms with Gasteiger partial charge < -0.3 is 9.47 Å². The summed E-state index contributed by atoms with van der Waals surface area (Å²) in [7, 11) is 0. The highest BCUT2D eigenvalue weighted by atomic mass is 127. The number of rotatable bonds is 7. The molecule has 0 unspecified atom stereocenters. The van der Waals surface area contributed by atoms with Crippen molar-refractivity contribution in [3.63, 3.8) is 0 Å². The maximum absolute atomic E-state index is 13.1. The predicted octanol–water partition coefficient (Wildman–Crippen LogP) is 4.66. The van der Waals surface area contributed by atoms with Gasteiger partial charge in [-0.25, -0.2) is 4.79 Å². The number of benzene rings is 1. The van der Waals surface area contributed by atoms with E-state index in [1.165, 1.54) is 11.0 Å². The minimum Gasteiger partial charge on any atom is -0.490 e. The molecule has 1 aliphatic heterocycles. The van der Waals surface area contributed by atoms with Crippen molar-refractivity contribution in [1.29, 1.82) is 0 Å². The monoisotopic (exact) mass is 540 g/mol. The van der Waals surface area contributed by atoms with Crippen molar-refractivity contribution in [1.82, 2.24) is 10.2 Å². The van der Waals surface area contributed by atoms with Gasteiger partial charge >= 0.3 is 6.03 Å². The summed E-state index contributed by atoms with van der Waals surface area (Å²) >= 11 is 2.16. The number of halogens is 1. The van der Waals surface area contributed by atoms with Gasteiger partial charge in [-0.1, -0.05) is 26.2 Å². The predicted molar refractivity (Wildman–Crippen MR) is 126 cm³/mol. The molecule has 1 aromatic rings. The first-order valence-corrected chi connectivity index (χ1v) is 12.0. The number of imide groups is 2. The maximum atomic E-state index is 13.1. The first-order valence-electron chi connectivity index (χ1n) is 10.9. The van der Waals surface area contributed by atoms with E-state index in [1.54, 1.807) is 6.07 Å². The van der Waals surface area contributed by atoms with Crippen LogP contribution in [0.5, 0.6) is 11.5 Å². The van der Waals surface area contributed by atoms with Crippen molar-refractivity contribution in [2.75, 3.05) is 6.61 Å². The number of hydrogen-bond acceptors (Lipinski definition) is 5. The van der Waals surface area contributed by atoms with E-state index in [9.17, 15) is 14.4 Å². The van der Waals surface area contributed by atoms with E-state index in [4.69, 9.17) is 9.47 Å². The second-order valence-corrected chi connectivity index (χ2v) is 9.05. The zero-order valence-electron chi connectivity index (χ0n) is 18.2. The Labute approximate surface area is 196 Å². The molecule has 0 spiro atoms. The van der Waals surface area contributed by atoms with Crippen LogP contribution in [0.15, 0.2) is 17.7 Å². The summed E-state index contributed by atoms with van der Waals surface area (Å²) in [5, 5.41) is 2.33. The van der Waals surface area contributed by atoms with E-state index in [-0.39, 0.29) is 17.7 Å². The standard InChI is InChI=1S/C23H29IN2O5/c1-4-14(3)31-20-18(24)12-15(13-19(20)30-5-2)11-17-21(27)25-23(29)26(22(17)28)16-9-7-6-8-10-16/h11-14,16H,4-10H2,1-3H3,(H,25,27,29)/b17-11-/t14-/m0/s1. The van der Waals surface area contributed by atoms with Crippen LogP contribution in [-0.4, -0.2) is 41.5 Å². The number of hydrogen-bond donors (Lipinski definition) is 1. The van der Waals surface area contributed by atoms with Gasteiger partial charge in [0.15, 0.2) is 11.5 Å². The summed E-state index contributed by atoms with van der Waals surface area (Å²) in [6.45, 7) is 6.38. The molecule has 3 rings (SSSR count). The molecule has 2 fully saturated rings. The first kappa shape index (κ1) is 23.6. The van der Waals surface area contributed by atoms with Crippen LogP contribution in [0.4, 0.5) is 4.79 Å². The summed E-state index contributed by atoms with van der Waals surface area (Å²) in [6, 6.07) is 2.82. The molecule has 1 N–H and O–H groups in total. The van der Waals surface area contributed by atoms with Crippen molar-refractivity contribution in [3.8, 4) is 11.5 Å². The lowest BCUT2D eigenvalue weighted by molar-refractivity contribution is -0.132. The molecule has 8 heteroatoms. The Morgan fingerprint density at radius 3 is 2.55 bits per heavy atom. The van der Waals surface area contributed by atoms with E-state index in [2.05, 4.69) is 27.9 Å². The third-order valence-electron chi connectivity index (χ3n) is 5.61. The quantitative estimate of drug-likeness (QED) is 0.309. The number of ether oxygens (including phenoxy) is 2. The Hall–Kier alpha value is -2.10. The molecule has 4 amide bonds. The van der Waals surface area contributed by atoms with Crippen molar-refractivity contribution in [2.45, 2.75) is 71.4 Å².